The Labute approximate surface area is 210 Å². The van der Waals surface area contributed by atoms with Gasteiger partial charge in [-0.25, -0.2) is 9.18 Å². The molecule has 0 spiro atoms. The molecule has 3 atom stereocenters. The summed E-state index contributed by atoms with van der Waals surface area (Å²) in [5, 5.41) is 11.1. The number of aliphatic hydroxyl groups is 1. The second kappa shape index (κ2) is 8.74. The minimum Gasteiger partial charge on any atom is -0.494 e. The van der Waals surface area contributed by atoms with E-state index in [0.29, 0.717) is 18.5 Å². The normalized spacial score (nSPS) is 25.8. The Bertz CT molecular complexity index is 1300. The van der Waals surface area contributed by atoms with E-state index in [9.17, 15) is 19.1 Å². The van der Waals surface area contributed by atoms with Gasteiger partial charge in [0.1, 0.15) is 11.6 Å². The van der Waals surface area contributed by atoms with Crippen molar-refractivity contribution in [3.63, 3.8) is 0 Å². The van der Waals surface area contributed by atoms with Crippen molar-refractivity contribution in [2.24, 2.45) is 0 Å². The van der Waals surface area contributed by atoms with Crippen LogP contribution in [0.15, 0.2) is 35.9 Å². The minimum atomic E-state index is -1.13. The maximum absolute atomic E-state index is 14.5. The quantitative estimate of drug-likeness (QED) is 0.598. The Hall–Kier alpha value is -3.17. The molecular formula is C27H33FN4O4. The molecule has 2 aliphatic heterocycles. The number of aromatic nitrogens is 1. The maximum atomic E-state index is 14.5. The molecule has 0 bridgehead atoms. The number of urea groups is 1. The summed E-state index contributed by atoms with van der Waals surface area (Å²) in [5.74, 6) is -0.621. The van der Waals surface area contributed by atoms with E-state index in [0.717, 1.165) is 22.2 Å². The smallest absolute Gasteiger partial charge is 0.328 e. The van der Waals surface area contributed by atoms with E-state index in [1.165, 1.54) is 18.1 Å². The molecule has 36 heavy (non-hydrogen) atoms. The Kier molecular flexibility index (Phi) is 5.95. The average molecular weight is 497 g/mol. The lowest BCUT2D eigenvalue weighted by molar-refractivity contribution is -0.133. The maximum Gasteiger partial charge on any atom is 0.328 e. The number of nitrogens with zero attached hydrogens (tertiary/aromatic N) is 3. The number of aliphatic hydroxyl groups excluding tert-OH is 1. The van der Waals surface area contributed by atoms with Gasteiger partial charge in [-0.2, -0.15) is 0 Å². The van der Waals surface area contributed by atoms with Crippen molar-refractivity contribution in [3.8, 4) is 5.75 Å². The number of likely N-dealkylation sites (N-methyl/N-ethyl adjacent to an activating group) is 1. The zero-order valence-electron chi connectivity index (χ0n) is 21.3. The standard InChI is InChI=1S/C27H33FN4O4/c1-15(2)30(4)9-10-31-25(34)27(3)14-19-18-12-22(36-5)20(28)13-21(18)29-23(19)24(32(27)26(31)35)16-7-6-8-17(33)11-16/h6-7,11-13,15,17,24,29,33H,8-10,14H2,1-5H3/t17?,24-,27+/m1/s1. The summed E-state index contributed by atoms with van der Waals surface area (Å²) < 4.78 is 19.8. The SMILES string of the molecule is COc1cc2c3c([nH]c2cc1F)[C@@H](C1=CC(O)CC=C1)N1C(=O)N(CCN(C)C(C)C)C(=O)[C@]1(C)C3. The number of halogens is 1. The number of fused-ring (bicyclic) bond motifs is 4. The molecule has 192 valence electrons. The third kappa shape index (κ3) is 3.64. The molecule has 8 nitrogen and oxygen atoms in total. The van der Waals surface area contributed by atoms with Gasteiger partial charge < -0.3 is 19.7 Å². The van der Waals surface area contributed by atoms with Crippen LogP contribution in [0, 0.1) is 5.82 Å². The molecule has 1 unspecified atom stereocenters. The number of hydrogen-bond donors (Lipinski definition) is 2. The van der Waals surface area contributed by atoms with Gasteiger partial charge >= 0.3 is 6.03 Å². The second-order valence-electron chi connectivity index (χ2n) is 10.5. The van der Waals surface area contributed by atoms with Gasteiger partial charge in [-0.3, -0.25) is 14.6 Å². The monoisotopic (exact) mass is 496 g/mol. The molecule has 3 heterocycles. The topological polar surface area (TPSA) is 89.1 Å². The number of methoxy groups -OCH3 is 1. The first-order valence-electron chi connectivity index (χ1n) is 12.4. The predicted octanol–water partition coefficient (Wildman–Crippen LogP) is 3.52. The third-order valence-corrected chi connectivity index (χ3v) is 7.89. The number of carbonyl (C=O) groups excluding carboxylic acids is 2. The van der Waals surface area contributed by atoms with Crippen molar-refractivity contribution in [2.75, 3.05) is 27.2 Å². The lowest BCUT2D eigenvalue weighted by Crippen LogP contribution is -2.53. The molecule has 1 fully saturated rings. The third-order valence-electron chi connectivity index (χ3n) is 7.89. The van der Waals surface area contributed by atoms with Crippen LogP contribution in [-0.2, 0) is 11.2 Å². The molecule has 0 saturated carbocycles. The number of aromatic amines is 1. The fourth-order valence-electron chi connectivity index (χ4n) is 5.60. The number of nitrogens with one attached hydrogen (secondary N) is 1. The van der Waals surface area contributed by atoms with Crippen molar-refractivity contribution >= 4 is 22.8 Å². The van der Waals surface area contributed by atoms with Crippen molar-refractivity contribution in [2.45, 2.75) is 57.3 Å². The Morgan fingerprint density at radius 2 is 2.08 bits per heavy atom. The van der Waals surface area contributed by atoms with Crippen molar-refractivity contribution in [1.82, 2.24) is 19.7 Å². The number of ether oxygens (including phenoxy) is 1. The van der Waals surface area contributed by atoms with Crippen LogP contribution in [-0.4, -0.2) is 81.7 Å². The number of hydrogen-bond acceptors (Lipinski definition) is 5. The van der Waals surface area contributed by atoms with Crippen LogP contribution in [0.25, 0.3) is 10.9 Å². The van der Waals surface area contributed by atoms with Crippen LogP contribution in [0.4, 0.5) is 9.18 Å². The summed E-state index contributed by atoms with van der Waals surface area (Å²) in [7, 11) is 3.38. The van der Waals surface area contributed by atoms with E-state index in [4.69, 9.17) is 4.74 Å². The number of amides is 3. The van der Waals surface area contributed by atoms with E-state index in [2.05, 4.69) is 23.7 Å². The van der Waals surface area contributed by atoms with Crippen LogP contribution in [0.2, 0.25) is 0 Å². The molecular weight excluding hydrogens is 463 g/mol. The fourth-order valence-corrected chi connectivity index (χ4v) is 5.60. The first kappa shape index (κ1) is 24.5. The van der Waals surface area contributed by atoms with Gasteiger partial charge in [-0.1, -0.05) is 18.2 Å². The molecule has 1 aromatic carbocycles. The lowest BCUT2D eigenvalue weighted by Gasteiger charge is -2.43. The van der Waals surface area contributed by atoms with Gasteiger partial charge in [0.2, 0.25) is 0 Å². The van der Waals surface area contributed by atoms with Crippen LogP contribution in [0.1, 0.15) is 44.5 Å². The van der Waals surface area contributed by atoms with Crippen molar-refractivity contribution < 1.29 is 23.8 Å². The van der Waals surface area contributed by atoms with E-state index < -0.39 is 23.5 Å². The molecule has 5 rings (SSSR count). The van der Waals surface area contributed by atoms with Crippen LogP contribution >= 0.6 is 0 Å². The van der Waals surface area contributed by atoms with Crippen molar-refractivity contribution in [3.05, 3.63) is 53.0 Å². The average Bonchev–Trinajstić information content (AvgIpc) is 3.26. The summed E-state index contributed by atoms with van der Waals surface area (Å²) in [4.78, 5) is 36.1. The molecule has 2 N–H and O–H groups in total. The highest BCUT2D eigenvalue weighted by atomic mass is 19.1. The number of H-pyrrole nitrogens is 1. The molecule has 3 amide bonds. The lowest BCUT2D eigenvalue weighted by atomic mass is 9.80. The summed E-state index contributed by atoms with van der Waals surface area (Å²) >= 11 is 0. The van der Waals surface area contributed by atoms with Gasteiger partial charge in [0.05, 0.1) is 13.2 Å². The van der Waals surface area contributed by atoms with Gasteiger partial charge in [0, 0.05) is 48.2 Å². The molecule has 3 aliphatic rings. The van der Waals surface area contributed by atoms with Crippen LogP contribution < -0.4 is 4.74 Å². The highest BCUT2D eigenvalue weighted by Crippen LogP contribution is 2.50. The zero-order chi connectivity index (χ0) is 25.9. The van der Waals surface area contributed by atoms with Gasteiger partial charge in [0.25, 0.3) is 5.91 Å². The first-order valence-corrected chi connectivity index (χ1v) is 12.4. The van der Waals surface area contributed by atoms with Gasteiger partial charge in [0.15, 0.2) is 11.6 Å². The van der Waals surface area contributed by atoms with Crippen LogP contribution in [0.3, 0.4) is 0 Å². The highest BCUT2D eigenvalue weighted by Gasteiger charge is 2.60. The molecule has 1 aromatic heterocycles. The number of benzene rings is 1. The second-order valence-corrected chi connectivity index (χ2v) is 10.5. The highest BCUT2D eigenvalue weighted by molar-refractivity contribution is 6.08. The molecule has 0 radical (unpaired) electrons. The number of imide groups is 1. The number of rotatable bonds is 6. The summed E-state index contributed by atoms with van der Waals surface area (Å²) in [5.41, 5.74) is 1.75. The summed E-state index contributed by atoms with van der Waals surface area (Å²) in [6, 6.07) is 2.33. The van der Waals surface area contributed by atoms with Crippen molar-refractivity contribution in [1.29, 1.82) is 0 Å². The summed E-state index contributed by atoms with van der Waals surface area (Å²) in [6.45, 7) is 6.79. The largest absolute Gasteiger partial charge is 0.494 e. The van der Waals surface area contributed by atoms with E-state index in [1.807, 2.05) is 19.2 Å². The Morgan fingerprint density at radius 3 is 2.75 bits per heavy atom. The molecule has 9 heteroatoms. The number of carbonyl (C=O) groups is 2. The summed E-state index contributed by atoms with van der Waals surface area (Å²) in [6.07, 6.45) is 5.58. The fraction of sp³-hybridized carbons (Fsp3) is 0.481. The predicted molar refractivity (Wildman–Crippen MR) is 134 cm³/mol. The molecule has 1 saturated heterocycles. The molecule has 1 aliphatic carbocycles. The van der Waals surface area contributed by atoms with Gasteiger partial charge in [-0.05, 0) is 51.4 Å². The van der Waals surface area contributed by atoms with E-state index in [-0.39, 0.29) is 36.7 Å². The minimum absolute atomic E-state index is 0.118. The van der Waals surface area contributed by atoms with E-state index >= 15 is 0 Å². The Balaban J connectivity index is 1.65. The van der Waals surface area contributed by atoms with Gasteiger partial charge in [-0.15, -0.1) is 0 Å². The first-order chi connectivity index (χ1) is 17.1. The molecule has 2 aromatic rings. The van der Waals surface area contributed by atoms with E-state index in [1.54, 1.807) is 24.0 Å². The van der Waals surface area contributed by atoms with Crippen LogP contribution in [0.5, 0.6) is 5.75 Å². The zero-order valence-corrected chi connectivity index (χ0v) is 21.3. The Morgan fingerprint density at radius 1 is 1.33 bits per heavy atom.